The first-order valence-electron chi connectivity index (χ1n) is 10.5. The van der Waals surface area contributed by atoms with Crippen molar-refractivity contribution in [3.8, 4) is 0 Å². The number of carbonyl (C=O) groups is 1. The van der Waals surface area contributed by atoms with E-state index >= 15 is 0 Å². The minimum atomic E-state index is 0.256. The third kappa shape index (κ3) is 1.56. The van der Waals surface area contributed by atoms with Crippen LogP contribution in [0.25, 0.3) is 0 Å². The molecular weight excluding hydrogens is 296 g/mol. The van der Waals surface area contributed by atoms with Gasteiger partial charge in [-0.05, 0) is 93.0 Å². The molecular formula is C22H30O2. The summed E-state index contributed by atoms with van der Waals surface area (Å²) in [6.07, 6.45) is 13.4. The van der Waals surface area contributed by atoms with Gasteiger partial charge in [-0.15, -0.1) is 0 Å². The fourth-order valence-corrected chi connectivity index (χ4v) is 8.69. The number of hydrogen-bond acceptors (Lipinski definition) is 2. The summed E-state index contributed by atoms with van der Waals surface area (Å²) in [7, 11) is 0. The van der Waals surface area contributed by atoms with Crippen molar-refractivity contribution in [3.63, 3.8) is 0 Å². The summed E-state index contributed by atoms with van der Waals surface area (Å²) < 4.78 is 6.57. The van der Waals surface area contributed by atoms with Gasteiger partial charge in [0.15, 0.2) is 5.78 Å². The number of rotatable bonds is 0. The minimum absolute atomic E-state index is 0.256. The molecule has 0 amide bonds. The fourth-order valence-electron chi connectivity index (χ4n) is 8.69. The van der Waals surface area contributed by atoms with Crippen molar-refractivity contribution in [1.29, 1.82) is 0 Å². The standard InChI is InChI=1S/C22H30O2/c1-21-9-7-16-15-6-4-14(23)11-13(15)3-5-17(16)20(21)18-12-19(18)22(21)8-2-10-24-22/h11,15-20H,2-10,12H2,1H3/t15?,16?,17?,18-,19+,20?,21?,22?/m0/s1. The maximum atomic E-state index is 11.8. The lowest BCUT2D eigenvalue weighted by molar-refractivity contribution is -0.147. The van der Waals surface area contributed by atoms with Crippen LogP contribution in [-0.4, -0.2) is 18.0 Å². The van der Waals surface area contributed by atoms with Crippen LogP contribution in [0, 0.1) is 40.9 Å². The van der Waals surface area contributed by atoms with Crippen LogP contribution in [0.4, 0.5) is 0 Å². The zero-order chi connectivity index (χ0) is 16.1. The number of carbonyl (C=O) groups excluding carboxylic acids is 1. The van der Waals surface area contributed by atoms with Crippen LogP contribution in [0.5, 0.6) is 0 Å². The second-order valence-electron chi connectivity index (χ2n) is 10.0. The molecule has 6 unspecified atom stereocenters. The van der Waals surface area contributed by atoms with Gasteiger partial charge in [0.25, 0.3) is 0 Å². The Morgan fingerprint density at radius 2 is 2.00 bits per heavy atom. The van der Waals surface area contributed by atoms with Gasteiger partial charge in [-0.1, -0.05) is 12.5 Å². The molecule has 1 aliphatic heterocycles. The van der Waals surface area contributed by atoms with E-state index in [1.807, 2.05) is 6.08 Å². The summed E-state index contributed by atoms with van der Waals surface area (Å²) in [5.74, 6) is 5.69. The zero-order valence-electron chi connectivity index (χ0n) is 14.9. The molecule has 130 valence electrons. The molecule has 8 atom stereocenters. The van der Waals surface area contributed by atoms with Gasteiger partial charge in [-0.2, -0.15) is 0 Å². The summed E-state index contributed by atoms with van der Waals surface area (Å²) in [5, 5.41) is 0. The highest BCUT2D eigenvalue weighted by Crippen LogP contribution is 2.78. The van der Waals surface area contributed by atoms with E-state index in [2.05, 4.69) is 6.92 Å². The quantitative estimate of drug-likeness (QED) is 0.653. The average Bonchev–Trinajstić information content (AvgIpc) is 3.13. The molecule has 0 N–H and O–H groups in total. The highest BCUT2D eigenvalue weighted by molar-refractivity contribution is 5.91. The highest BCUT2D eigenvalue weighted by Gasteiger charge is 2.76. The molecule has 5 fully saturated rings. The Hall–Kier alpha value is -0.630. The molecule has 24 heavy (non-hydrogen) atoms. The van der Waals surface area contributed by atoms with Crippen LogP contribution in [-0.2, 0) is 9.53 Å². The second kappa shape index (κ2) is 4.55. The van der Waals surface area contributed by atoms with E-state index in [0.717, 1.165) is 55.0 Å². The lowest BCUT2D eigenvalue weighted by atomic mass is 9.49. The first kappa shape index (κ1) is 14.5. The summed E-state index contributed by atoms with van der Waals surface area (Å²) in [6.45, 7) is 3.62. The van der Waals surface area contributed by atoms with Gasteiger partial charge in [0.1, 0.15) is 0 Å². The van der Waals surface area contributed by atoms with Crippen LogP contribution < -0.4 is 0 Å². The van der Waals surface area contributed by atoms with Crippen molar-refractivity contribution >= 4 is 5.78 Å². The maximum Gasteiger partial charge on any atom is 0.155 e. The number of ketones is 1. The summed E-state index contributed by atoms with van der Waals surface area (Å²) in [4.78, 5) is 11.8. The molecule has 0 bridgehead atoms. The lowest BCUT2D eigenvalue weighted by Gasteiger charge is -2.57. The predicted octanol–water partition coefficient (Wildman–Crippen LogP) is 4.53. The van der Waals surface area contributed by atoms with Gasteiger partial charge in [0.05, 0.1) is 5.60 Å². The molecule has 1 spiro atoms. The largest absolute Gasteiger partial charge is 0.374 e. The Labute approximate surface area is 145 Å². The van der Waals surface area contributed by atoms with Gasteiger partial charge < -0.3 is 4.74 Å². The van der Waals surface area contributed by atoms with Gasteiger partial charge in [-0.3, -0.25) is 4.79 Å². The van der Waals surface area contributed by atoms with E-state index in [4.69, 9.17) is 4.74 Å². The molecule has 0 radical (unpaired) electrons. The minimum Gasteiger partial charge on any atom is -0.374 e. The van der Waals surface area contributed by atoms with Gasteiger partial charge in [0.2, 0.25) is 0 Å². The first-order valence-corrected chi connectivity index (χ1v) is 10.5. The predicted molar refractivity (Wildman–Crippen MR) is 92.4 cm³/mol. The van der Waals surface area contributed by atoms with Crippen molar-refractivity contribution in [2.24, 2.45) is 40.9 Å². The second-order valence-corrected chi connectivity index (χ2v) is 10.0. The number of allylic oxidation sites excluding steroid dienone is 1. The Morgan fingerprint density at radius 3 is 2.83 bits per heavy atom. The molecule has 0 aromatic rings. The van der Waals surface area contributed by atoms with Crippen molar-refractivity contribution in [2.45, 2.75) is 70.3 Å². The summed E-state index contributed by atoms with van der Waals surface area (Å²) in [6, 6.07) is 0. The van der Waals surface area contributed by atoms with Crippen LogP contribution >= 0.6 is 0 Å². The summed E-state index contributed by atoms with van der Waals surface area (Å²) in [5.41, 5.74) is 2.23. The van der Waals surface area contributed by atoms with Crippen LogP contribution in [0.2, 0.25) is 0 Å². The third-order valence-corrected chi connectivity index (χ3v) is 9.47. The smallest absolute Gasteiger partial charge is 0.155 e. The van der Waals surface area contributed by atoms with Crippen molar-refractivity contribution in [3.05, 3.63) is 11.6 Å². The molecule has 0 aromatic carbocycles. The normalized spacial score (nSPS) is 57.9. The average molecular weight is 326 g/mol. The van der Waals surface area contributed by atoms with E-state index in [9.17, 15) is 4.79 Å². The van der Waals surface area contributed by atoms with Gasteiger partial charge in [0, 0.05) is 18.4 Å². The third-order valence-electron chi connectivity index (χ3n) is 9.47. The Morgan fingerprint density at radius 1 is 1.08 bits per heavy atom. The highest BCUT2D eigenvalue weighted by atomic mass is 16.5. The lowest BCUT2D eigenvalue weighted by Crippen LogP contribution is -2.54. The number of ether oxygens (including phenoxy) is 1. The Kier molecular flexibility index (Phi) is 2.76. The molecule has 2 heteroatoms. The molecule has 6 aliphatic rings. The molecule has 5 aliphatic carbocycles. The van der Waals surface area contributed by atoms with Crippen LogP contribution in [0.1, 0.15) is 64.7 Å². The maximum absolute atomic E-state index is 11.8. The van der Waals surface area contributed by atoms with Gasteiger partial charge >= 0.3 is 0 Å². The first-order chi connectivity index (χ1) is 11.6. The fraction of sp³-hybridized carbons (Fsp3) is 0.864. The molecule has 2 nitrogen and oxygen atoms in total. The molecule has 1 saturated heterocycles. The SMILES string of the molecule is CC12CCC3C4CCC(=O)C=C4CCC3C1[C@H]1C[C@H]1C21CCCO1. The van der Waals surface area contributed by atoms with Crippen LogP contribution in [0.3, 0.4) is 0 Å². The number of fused-ring (bicyclic) bond motifs is 9. The zero-order valence-corrected chi connectivity index (χ0v) is 14.9. The topological polar surface area (TPSA) is 26.3 Å². The molecule has 6 rings (SSSR count). The van der Waals surface area contributed by atoms with E-state index in [-0.39, 0.29) is 5.60 Å². The monoisotopic (exact) mass is 326 g/mol. The molecule has 4 saturated carbocycles. The number of hydrogen-bond donors (Lipinski definition) is 0. The Balaban J connectivity index is 1.37. The van der Waals surface area contributed by atoms with E-state index in [0.29, 0.717) is 11.2 Å². The molecule has 0 aromatic heterocycles. The molecule has 1 heterocycles. The van der Waals surface area contributed by atoms with Crippen molar-refractivity contribution in [2.75, 3.05) is 6.61 Å². The van der Waals surface area contributed by atoms with Crippen LogP contribution in [0.15, 0.2) is 11.6 Å². The van der Waals surface area contributed by atoms with E-state index in [1.54, 1.807) is 0 Å². The van der Waals surface area contributed by atoms with Crippen molar-refractivity contribution < 1.29 is 9.53 Å². The summed E-state index contributed by atoms with van der Waals surface area (Å²) >= 11 is 0. The van der Waals surface area contributed by atoms with E-state index in [1.165, 1.54) is 50.5 Å². The Bertz CT molecular complexity index is 628. The van der Waals surface area contributed by atoms with Gasteiger partial charge in [-0.25, -0.2) is 0 Å². The van der Waals surface area contributed by atoms with E-state index < -0.39 is 0 Å². The van der Waals surface area contributed by atoms with Crippen molar-refractivity contribution in [1.82, 2.24) is 0 Å².